The molecule has 2 unspecified atom stereocenters. The Hall–Kier alpha value is -1.55. The fourth-order valence-electron chi connectivity index (χ4n) is 1.78. The number of hydrogen-bond acceptors (Lipinski definition) is 3. The van der Waals surface area contributed by atoms with E-state index in [-0.39, 0.29) is 24.5 Å². The van der Waals surface area contributed by atoms with Crippen molar-refractivity contribution in [2.24, 2.45) is 0 Å². The van der Waals surface area contributed by atoms with Crippen molar-refractivity contribution < 1.29 is 9.90 Å². The number of nitrogen functional groups attached to an aromatic ring is 1. The summed E-state index contributed by atoms with van der Waals surface area (Å²) in [4.78, 5) is 11.8. The SMILES string of the molecule is CCC(CO)NC(=O)CC(C)c1ccc(N)cc1. The minimum Gasteiger partial charge on any atom is -0.399 e. The van der Waals surface area contributed by atoms with Crippen LogP contribution in [0.1, 0.15) is 38.2 Å². The molecule has 0 aliphatic heterocycles. The highest BCUT2D eigenvalue weighted by atomic mass is 16.3. The number of rotatable bonds is 6. The molecule has 0 bridgehead atoms. The number of nitrogens with two attached hydrogens (primary N) is 1. The Morgan fingerprint density at radius 1 is 1.39 bits per heavy atom. The minimum atomic E-state index is -0.142. The van der Waals surface area contributed by atoms with Gasteiger partial charge in [-0.2, -0.15) is 0 Å². The normalized spacial score (nSPS) is 13.9. The molecular weight excluding hydrogens is 228 g/mol. The maximum Gasteiger partial charge on any atom is 0.220 e. The van der Waals surface area contributed by atoms with Crippen molar-refractivity contribution in [1.29, 1.82) is 0 Å². The van der Waals surface area contributed by atoms with Crippen LogP contribution in [0.5, 0.6) is 0 Å². The Balaban J connectivity index is 2.51. The minimum absolute atomic E-state index is 0.0154. The van der Waals surface area contributed by atoms with Gasteiger partial charge in [0.25, 0.3) is 0 Å². The zero-order valence-corrected chi connectivity index (χ0v) is 11.0. The predicted molar refractivity (Wildman–Crippen MR) is 73.2 cm³/mol. The number of carbonyl (C=O) groups excluding carboxylic acids is 1. The zero-order chi connectivity index (χ0) is 13.5. The van der Waals surface area contributed by atoms with Crippen molar-refractivity contribution >= 4 is 11.6 Å². The summed E-state index contributed by atoms with van der Waals surface area (Å²) < 4.78 is 0. The fraction of sp³-hybridized carbons (Fsp3) is 0.500. The highest BCUT2D eigenvalue weighted by molar-refractivity contribution is 5.77. The average Bonchev–Trinajstić information content (AvgIpc) is 2.36. The van der Waals surface area contributed by atoms with Crippen molar-refractivity contribution in [3.63, 3.8) is 0 Å². The number of amides is 1. The van der Waals surface area contributed by atoms with E-state index in [2.05, 4.69) is 5.32 Å². The molecule has 0 fully saturated rings. The fourth-order valence-corrected chi connectivity index (χ4v) is 1.78. The van der Waals surface area contributed by atoms with Crippen LogP contribution in [0.25, 0.3) is 0 Å². The van der Waals surface area contributed by atoms with Crippen LogP contribution in [0.3, 0.4) is 0 Å². The zero-order valence-electron chi connectivity index (χ0n) is 11.0. The topological polar surface area (TPSA) is 75.3 Å². The van der Waals surface area contributed by atoms with E-state index < -0.39 is 0 Å². The van der Waals surface area contributed by atoms with E-state index in [9.17, 15) is 4.79 Å². The van der Waals surface area contributed by atoms with Crippen molar-refractivity contribution in [3.05, 3.63) is 29.8 Å². The van der Waals surface area contributed by atoms with Gasteiger partial charge in [0.2, 0.25) is 5.91 Å². The predicted octanol–water partition coefficient (Wildman–Crippen LogP) is 1.65. The van der Waals surface area contributed by atoms with Crippen molar-refractivity contribution in [2.45, 2.75) is 38.6 Å². The van der Waals surface area contributed by atoms with Crippen LogP contribution in [0.2, 0.25) is 0 Å². The second-order valence-corrected chi connectivity index (χ2v) is 4.63. The van der Waals surface area contributed by atoms with E-state index in [1.54, 1.807) is 0 Å². The molecule has 4 nitrogen and oxygen atoms in total. The van der Waals surface area contributed by atoms with Crippen LogP contribution < -0.4 is 11.1 Å². The molecule has 0 aromatic heterocycles. The highest BCUT2D eigenvalue weighted by Gasteiger charge is 2.14. The molecule has 1 aromatic carbocycles. The molecule has 4 N–H and O–H groups in total. The van der Waals surface area contributed by atoms with E-state index in [1.807, 2.05) is 38.1 Å². The summed E-state index contributed by atoms with van der Waals surface area (Å²) in [6, 6.07) is 7.42. The number of aliphatic hydroxyl groups is 1. The molecule has 1 aromatic rings. The molecule has 0 spiro atoms. The van der Waals surface area contributed by atoms with E-state index in [1.165, 1.54) is 0 Å². The highest BCUT2D eigenvalue weighted by Crippen LogP contribution is 2.20. The van der Waals surface area contributed by atoms with Gasteiger partial charge in [-0.05, 0) is 30.0 Å². The number of nitrogens with one attached hydrogen (secondary N) is 1. The lowest BCUT2D eigenvalue weighted by Gasteiger charge is -2.16. The van der Waals surface area contributed by atoms with E-state index >= 15 is 0 Å². The Bertz CT molecular complexity index is 372. The number of aliphatic hydroxyl groups excluding tert-OH is 1. The third kappa shape index (κ3) is 4.37. The van der Waals surface area contributed by atoms with Crippen LogP contribution in [0, 0.1) is 0 Å². The summed E-state index contributed by atoms with van der Waals surface area (Å²) in [6.45, 7) is 3.92. The third-order valence-electron chi connectivity index (χ3n) is 3.08. The van der Waals surface area contributed by atoms with Gasteiger partial charge in [0, 0.05) is 12.1 Å². The molecular formula is C14H22N2O2. The summed E-state index contributed by atoms with van der Waals surface area (Å²) in [5, 5.41) is 11.8. The average molecular weight is 250 g/mol. The van der Waals surface area contributed by atoms with Gasteiger partial charge in [-0.1, -0.05) is 26.0 Å². The Morgan fingerprint density at radius 2 is 2.00 bits per heavy atom. The first-order chi connectivity index (χ1) is 8.56. The van der Waals surface area contributed by atoms with Crippen molar-refractivity contribution in [2.75, 3.05) is 12.3 Å². The monoisotopic (exact) mass is 250 g/mol. The molecule has 0 aliphatic rings. The summed E-state index contributed by atoms with van der Waals surface area (Å²) in [6.07, 6.45) is 1.15. The Labute approximate surface area is 108 Å². The van der Waals surface area contributed by atoms with Crippen LogP contribution in [0.4, 0.5) is 5.69 Å². The Morgan fingerprint density at radius 3 is 2.50 bits per heavy atom. The summed E-state index contributed by atoms with van der Waals surface area (Å²) in [7, 11) is 0. The van der Waals surface area contributed by atoms with E-state index in [4.69, 9.17) is 10.8 Å². The van der Waals surface area contributed by atoms with Gasteiger partial charge in [-0.25, -0.2) is 0 Å². The van der Waals surface area contributed by atoms with Crippen LogP contribution >= 0.6 is 0 Å². The molecule has 1 rings (SSSR count). The first-order valence-corrected chi connectivity index (χ1v) is 6.32. The van der Waals surface area contributed by atoms with Crippen LogP contribution in [0.15, 0.2) is 24.3 Å². The molecule has 0 heterocycles. The lowest BCUT2D eigenvalue weighted by atomic mass is 9.97. The van der Waals surface area contributed by atoms with Gasteiger partial charge in [0.05, 0.1) is 12.6 Å². The second-order valence-electron chi connectivity index (χ2n) is 4.63. The third-order valence-corrected chi connectivity index (χ3v) is 3.08. The van der Waals surface area contributed by atoms with Crippen LogP contribution in [-0.2, 0) is 4.79 Å². The number of anilines is 1. The largest absolute Gasteiger partial charge is 0.399 e. The summed E-state index contributed by atoms with van der Waals surface area (Å²) in [5.41, 5.74) is 7.44. The van der Waals surface area contributed by atoms with E-state index in [0.29, 0.717) is 6.42 Å². The van der Waals surface area contributed by atoms with Gasteiger partial charge in [0.15, 0.2) is 0 Å². The number of hydrogen-bond donors (Lipinski definition) is 3. The quantitative estimate of drug-likeness (QED) is 0.672. The van der Waals surface area contributed by atoms with E-state index in [0.717, 1.165) is 17.7 Å². The summed E-state index contributed by atoms with van der Waals surface area (Å²) >= 11 is 0. The molecule has 0 radical (unpaired) electrons. The van der Waals surface area contributed by atoms with Crippen molar-refractivity contribution in [1.82, 2.24) is 5.32 Å². The molecule has 2 atom stereocenters. The first-order valence-electron chi connectivity index (χ1n) is 6.32. The molecule has 0 saturated heterocycles. The molecule has 100 valence electrons. The summed E-state index contributed by atoms with van der Waals surface area (Å²) in [5.74, 6) is 0.113. The second kappa shape index (κ2) is 7.01. The molecule has 0 aliphatic carbocycles. The van der Waals surface area contributed by atoms with Gasteiger partial charge >= 0.3 is 0 Å². The van der Waals surface area contributed by atoms with Gasteiger partial charge in [-0.3, -0.25) is 4.79 Å². The molecule has 18 heavy (non-hydrogen) atoms. The number of carbonyl (C=O) groups is 1. The smallest absolute Gasteiger partial charge is 0.220 e. The van der Waals surface area contributed by atoms with Gasteiger partial charge in [-0.15, -0.1) is 0 Å². The maximum absolute atomic E-state index is 11.8. The van der Waals surface area contributed by atoms with Crippen LogP contribution in [-0.4, -0.2) is 23.7 Å². The van der Waals surface area contributed by atoms with Gasteiger partial charge < -0.3 is 16.2 Å². The lowest BCUT2D eigenvalue weighted by molar-refractivity contribution is -0.122. The molecule has 4 heteroatoms. The number of benzene rings is 1. The van der Waals surface area contributed by atoms with Gasteiger partial charge in [0.1, 0.15) is 0 Å². The first kappa shape index (κ1) is 14.5. The molecule has 0 saturated carbocycles. The van der Waals surface area contributed by atoms with Crippen molar-refractivity contribution in [3.8, 4) is 0 Å². The Kier molecular flexibility index (Phi) is 5.65. The lowest BCUT2D eigenvalue weighted by Crippen LogP contribution is -2.37. The maximum atomic E-state index is 11.8. The standard InChI is InChI=1S/C14H22N2O2/c1-3-13(9-17)16-14(18)8-10(2)11-4-6-12(15)7-5-11/h4-7,10,13,17H,3,8-9,15H2,1-2H3,(H,16,18). The molecule has 1 amide bonds.